The van der Waals surface area contributed by atoms with Crippen LogP contribution in [0.2, 0.25) is 0 Å². The molecule has 0 amide bonds. The van der Waals surface area contributed by atoms with Crippen molar-refractivity contribution in [1.82, 2.24) is 15.5 Å². The number of nitrogens with one attached hydrogen (secondary N) is 1. The van der Waals surface area contributed by atoms with E-state index >= 15 is 0 Å². The van der Waals surface area contributed by atoms with Gasteiger partial charge in [-0.1, -0.05) is 5.16 Å². The number of nitrogens with zero attached hydrogens (tertiary/aromatic N) is 2. The van der Waals surface area contributed by atoms with E-state index in [-0.39, 0.29) is 0 Å². The highest BCUT2D eigenvalue weighted by atomic mass is 32.2. The van der Waals surface area contributed by atoms with Crippen molar-refractivity contribution in [2.75, 3.05) is 27.0 Å². The van der Waals surface area contributed by atoms with Gasteiger partial charge in [0.1, 0.15) is 0 Å². The van der Waals surface area contributed by atoms with Crippen LogP contribution in [0.5, 0.6) is 11.5 Å². The van der Waals surface area contributed by atoms with Crippen LogP contribution >= 0.6 is 11.8 Å². The molecule has 0 fully saturated rings. The van der Waals surface area contributed by atoms with Crippen molar-refractivity contribution in [1.29, 1.82) is 0 Å². The molecule has 1 aromatic heterocycles. The zero-order valence-electron chi connectivity index (χ0n) is 12.4. The zero-order valence-corrected chi connectivity index (χ0v) is 13.2. The van der Waals surface area contributed by atoms with E-state index < -0.39 is 0 Å². The lowest BCUT2D eigenvalue weighted by molar-refractivity contribution is 0.353. The quantitative estimate of drug-likeness (QED) is 0.592. The molecule has 0 aliphatic carbocycles. The first-order valence-corrected chi connectivity index (χ1v) is 7.76. The van der Waals surface area contributed by atoms with Crippen molar-refractivity contribution in [3.63, 3.8) is 0 Å². The van der Waals surface area contributed by atoms with Gasteiger partial charge in [0.25, 0.3) is 0 Å². The van der Waals surface area contributed by atoms with Crippen molar-refractivity contribution in [3.05, 3.63) is 29.9 Å². The summed E-state index contributed by atoms with van der Waals surface area (Å²) in [5, 5.41) is 6.95. The van der Waals surface area contributed by atoms with Gasteiger partial charge in [0.15, 0.2) is 17.8 Å². The fraction of sp³-hybridized carbons (Fsp3) is 0.429. The summed E-state index contributed by atoms with van der Waals surface area (Å²) < 4.78 is 15.6. The topological polar surface area (TPSA) is 69.4 Å². The fourth-order valence-corrected chi connectivity index (χ4v) is 2.57. The average Bonchev–Trinajstić information content (AvgIpc) is 3.04. The summed E-state index contributed by atoms with van der Waals surface area (Å²) in [6.45, 7) is 1.51. The maximum atomic E-state index is 5.35. The van der Waals surface area contributed by atoms with Crippen LogP contribution in [0.3, 0.4) is 0 Å². The van der Waals surface area contributed by atoms with Gasteiger partial charge in [0.05, 0.1) is 14.2 Å². The molecule has 0 saturated heterocycles. The molecular weight excluding hydrogens is 290 g/mol. The molecule has 0 aliphatic heterocycles. The third-order valence-electron chi connectivity index (χ3n) is 3.02. The first kappa shape index (κ1) is 15.7. The highest BCUT2D eigenvalue weighted by molar-refractivity contribution is 7.98. The number of methoxy groups -OCH3 is 2. The van der Waals surface area contributed by atoms with Crippen molar-refractivity contribution in [2.24, 2.45) is 0 Å². The Morgan fingerprint density at radius 2 is 2.00 bits per heavy atom. The molecule has 6 nitrogen and oxygen atoms in total. The Labute approximate surface area is 128 Å². The Morgan fingerprint density at radius 1 is 1.24 bits per heavy atom. The number of hydrogen-bond acceptors (Lipinski definition) is 7. The van der Waals surface area contributed by atoms with Gasteiger partial charge in [-0.25, -0.2) is 0 Å². The number of ether oxygens (including phenoxy) is 2. The lowest BCUT2D eigenvalue weighted by Crippen LogP contribution is -2.17. The number of benzene rings is 1. The lowest BCUT2D eigenvalue weighted by atomic mass is 10.2. The Hall–Kier alpha value is -1.73. The average molecular weight is 309 g/mol. The van der Waals surface area contributed by atoms with Crippen LogP contribution in [0.15, 0.2) is 27.9 Å². The van der Waals surface area contributed by atoms with Gasteiger partial charge >= 0.3 is 0 Å². The molecule has 0 unspecified atom stereocenters. The Kier molecular flexibility index (Phi) is 5.89. The maximum Gasteiger partial charge on any atom is 0.227 e. The van der Waals surface area contributed by atoms with Gasteiger partial charge < -0.3 is 19.3 Å². The molecule has 7 heteroatoms. The summed E-state index contributed by atoms with van der Waals surface area (Å²) in [7, 11) is 3.29. The van der Waals surface area contributed by atoms with Crippen LogP contribution in [-0.4, -0.2) is 37.2 Å². The number of aromatic nitrogens is 2. The molecule has 2 rings (SSSR count). The Morgan fingerprint density at radius 3 is 2.62 bits per heavy atom. The van der Waals surface area contributed by atoms with Gasteiger partial charge in [-0.15, -0.1) is 11.8 Å². The van der Waals surface area contributed by atoms with Crippen LogP contribution in [0.4, 0.5) is 0 Å². The SMILES string of the molecule is COc1cc(CNCCc2ncno2)c(SC)cc1OC. The van der Waals surface area contributed by atoms with Crippen LogP contribution in [-0.2, 0) is 13.0 Å². The molecule has 0 spiro atoms. The van der Waals surface area contributed by atoms with E-state index in [9.17, 15) is 0 Å². The fourth-order valence-electron chi connectivity index (χ4n) is 1.96. The first-order valence-electron chi connectivity index (χ1n) is 6.53. The predicted molar refractivity (Wildman–Crippen MR) is 81.0 cm³/mol. The molecule has 0 atom stereocenters. The number of rotatable bonds is 8. The molecule has 0 saturated carbocycles. The second-order valence-corrected chi connectivity index (χ2v) is 5.13. The largest absolute Gasteiger partial charge is 0.493 e. The van der Waals surface area contributed by atoms with Crippen LogP contribution < -0.4 is 14.8 Å². The van der Waals surface area contributed by atoms with Gasteiger partial charge in [-0.2, -0.15) is 4.98 Å². The minimum atomic E-state index is 0.639. The highest BCUT2D eigenvalue weighted by Gasteiger charge is 2.10. The van der Waals surface area contributed by atoms with Crippen LogP contribution in [0.1, 0.15) is 11.5 Å². The molecule has 0 bridgehead atoms. The monoisotopic (exact) mass is 309 g/mol. The number of thioether (sulfide) groups is 1. The first-order chi connectivity index (χ1) is 10.3. The second kappa shape index (κ2) is 7.90. The molecule has 0 aliphatic rings. The van der Waals surface area contributed by atoms with Crippen LogP contribution in [0.25, 0.3) is 0 Å². The standard InChI is InChI=1S/C14H19N3O3S/c1-18-11-6-10(13(21-3)7-12(11)19-2)8-15-5-4-14-16-9-17-20-14/h6-7,9,15H,4-5,8H2,1-3H3. The van der Waals surface area contributed by atoms with E-state index in [1.165, 1.54) is 11.9 Å². The highest BCUT2D eigenvalue weighted by Crippen LogP contribution is 2.34. The van der Waals surface area contributed by atoms with Gasteiger partial charge in [0, 0.05) is 24.4 Å². The predicted octanol–water partition coefficient (Wildman–Crippen LogP) is 2.14. The van der Waals surface area contributed by atoms with E-state index in [2.05, 4.69) is 15.5 Å². The number of hydrogen-bond donors (Lipinski definition) is 1. The molecule has 1 heterocycles. The van der Waals surface area contributed by atoms with Gasteiger partial charge in [-0.3, -0.25) is 0 Å². The molecule has 21 heavy (non-hydrogen) atoms. The summed E-state index contributed by atoms with van der Waals surface area (Å²) in [6, 6.07) is 4.00. The van der Waals surface area contributed by atoms with E-state index in [1.54, 1.807) is 26.0 Å². The Bertz CT molecular complexity index is 561. The van der Waals surface area contributed by atoms with E-state index in [0.717, 1.165) is 29.5 Å². The summed E-state index contributed by atoms with van der Waals surface area (Å²) in [6.07, 6.45) is 4.17. The molecule has 2 aromatic rings. The van der Waals surface area contributed by atoms with E-state index in [4.69, 9.17) is 14.0 Å². The van der Waals surface area contributed by atoms with Gasteiger partial charge in [0.2, 0.25) is 5.89 Å². The summed E-state index contributed by atoms with van der Waals surface area (Å²) in [5.41, 5.74) is 1.17. The molecule has 0 radical (unpaired) electrons. The summed E-state index contributed by atoms with van der Waals surface area (Å²) in [4.78, 5) is 5.15. The van der Waals surface area contributed by atoms with Crippen LogP contribution in [0, 0.1) is 0 Å². The Balaban J connectivity index is 1.97. The lowest BCUT2D eigenvalue weighted by Gasteiger charge is -2.14. The van der Waals surface area contributed by atoms with Crippen molar-refractivity contribution in [2.45, 2.75) is 17.9 Å². The third kappa shape index (κ3) is 4.12. The van der Waals surface area contributed by atoms with Crippen molar-refractivity contribution >= 4 is 11.8 Å². The van der Waals surface area contributed by atoms with Crippen molar-refractivity contribution < 1.29 is 14.0 Å². The summed E-state index contributed by atoms with van der Waals surface area (Å²) in [5.74, 6) is 2.13. The zero-order chi connectivity index (χ0) is 15.1. The molecular formula is C14H19N3O3S. The van der Waals surface area contributed by atoms with E-state index in [1.807, 2.05) is 18.4 Å². The van der Waals surface area contributed by atoms with Crippen molar-refractivity contribution in [3.8, 4) is 11.5 Å². The molecule has 114 valence electrons. The minimum absolute atomic E-state index is 0.639. The summed E-state index contributed by atoms with van der Waals surface area (Å²) >= 11 is 1.68. The van der Waals surface area contributed by atoms with Gasteiger partial charge in [-0.05, 0) is 24.0 Å². The normalized spacial score (nSPS) is 10.6. The second-order valence-electron chi connectivity index (χ2n) is 4.28. The molecule has 1 N–H and O–H groups in total. The maximum absolute atomic E-state index is 5.35. The third-order valence-corrected chi connectivity index (χ3v) is 3.84. The van der Waals surface area contributed by atoms with E-state index in [0.29, 0.717) is 12.3 Å². The smallest absolute Gasteiger partial charge is 0.227 e. The molecule has 1 aromatic carbocycles. The minimum Gasteiger partial charge on any atom is -0.493 e.